The number of likely N-dealkylation sites (tertiary alicyclic amines) is 1. The Morgan fingerprint density at radius 3 is 3.20 bits per heavy atom. The Labute approximate surface area is 126 Å². The number of hydrogen-bond donors (Lipinski definition) is 1. The largest absolute Gasteiger partial charge is 0.453 e. The quantitative estimate of drug-likeness (QED) is 0.843. The minimum atomic E-state index is -0.283. The minimum absolute atomic E-state index is 0.172. The highest BCUT2D eigenvalue weighted by Crippen LogP contribution is 2.36. The van der Waals surface area contributed by atoms with Crippen LogP contribution >= 0.6 is 23.4 Å². The second kappa shape index (κ2) is 5.65. The number of carbonyl (C=O) groups excluding carboxylic acids is 1. The summed E-state index contributed by atoms with van der Waals surface area (Å²) in [5.74, 6) is 1.80. The van der Waals surface area contributed by atoms with Crippen molar-refractivity contribution in [2.75, 3.05) is 31.3 Å². The molecule has 1 aromatic rings. The highest BCUT2D eigenvalue weighted by Gasteiger charge is 2.28. The molecule has 0 aromatic carbocycles. The molecule has 2 aliphatic rings. The summed E-state index contributed by atoms with van der Waals surface area (Å²) in [6, 6.07) is 0.172. The summed E-state index contributed by atoms with van der Waals surface area (Å²) in [7, 11) is 1.40. The monoisotopic (exact) mass is 314 g/mol. The SMILES string of the molecule is COC(=O)N1CC[C@@H](Nc2nc(Cl)nc3c2SCC3)C1. The van der Waals surface area contributed by atoms with Crippen LogP contribution in [0.25, 0.3) is 0 Å². The van der Waals surface area contributed by atoms with Crippen LogP contribution in [0.2, 0.25) is 5.28 Å². The predicted octanol–water partition coefficient (Wildman–Crippen LogP) is 2.03. The first kappa shape index (κ1) is 13.8. The van der Waals surface area contributed by atoms with Gasteiger partial charge in [0.25, 0.3) is 0 Å². The minimum Gasteiger partial charge on any atom is -0.453 e. The fourth-order valence-electron chi connectivity index (χ4n) is 2.50. The fourth-order valence-corrected chi connectivity index (χ4v) is 3.74. The molecule has 20 heavy (non-hydrogen) atoms. The molecule has 1 amide bonds. The molecule has 0 saturated carbocycles. The number of halogens is 1. The second-order valence-corrected chi connectivity index (χ2v) is 6.20. The zero-order valence-corrected chi connectivity index (χ0v) is 12.6. The molecule has 0 radical (unpaired) electrons. The maximum atomic E-state index is 11.5. The van der Waals surface area contributed by atoms with Crippen LogP contribution in [-0.4, -0.2) is 53.0 Å². The zero-order valence-electron chi connectivity index (χ0n) is 11.1. The van der Waals surface area contributed by atoms with Crippen LogP contribution in [0.15, 0.2) is 4.90 Å². The molecule has 8 heteroatoms. The molecule has 1 aromatic heterocycles. The number of amides is 1. The highest BCUT2D eigenvalue weighted by atomic mass is 35.5. The van der Waals surface area contributed by atoms with Gasteiger partial charge in [-0.25, -0.2) is 9.78 Å². The van der Waals surface area contributed by atoms with Gasteiger partial charge in [-0.3, -0.25) is 0 Å². The van der Waals surface area contributed by atoms with E-state index in [1.807, 2.05) is 0 Å². The number of anilines is 1. The molecule has 1 N–H and O–H groups in total. The predicted molar refractivity (Wildman–Crippen MR) is 77.5 cm³/mol. The van der Waals surface area contributed by atoms with Gasteiger partial charge in [0.2, 0.25) is 5.28 Å². The summed E-state index contributed by atoms with van der Waals surface area (Å²) in [4.78, 5) is 22.8. The summed E-state index contributed by atoms with van der Waals surface area (Å²) in [5, 5.41) is 3.66. The molecule has 0 spiro atoms. The molecule has 2 aliphatic heterocycles. The van der Waals surface area contributed by atoms with E-state index in [4.69, 9.17) is 16.3 Å². The van der Waals surface area contributed by atoms with Crippen molar-refractivity contribution >= 4 is 35.3 Å². The third-order valence-corrected chi connectivity index (χ3v) is 4.75. The first-order valence-electron chi connectivity index (χ1n) is 6.46. The Balaban J connectivity index is 1.72. The molecule has 108 valence electrons. The van der Waals surface area contributed by atoms with Crippen LogP contribution in [0.5, 0.6) is 0 Å². The van der Waals surface area contributed by atoms with Crippen molar-refractivity contribution in [1.29, 1.82) is 0 Å². The number of aryl methyl sites for hydroxylation is 1. The Morgan fingerprint density at radius 2 is 2.40 bits per heavy atom. The highest BCUT2D eigenvalue weighted by molar-refractivity contribution is 7.99. The van der Waals surface area contributed by atoms with Gasteiger partial charge in [-0.1, -0.05) is 0 Å². The van der Waals surface area contributed by atoms with E-state index in [1.54, 1.807) is 16.7 Å². The Bertz CT molecular complexity index is 542. The van der Waals surface area contributed by atoms with Crippen LogP contribution in [0.1, 0.15) is 12.1 Å². The van der Waals surface area contributed by atoms with Gasteiger partial charge < -0.3 is 15.0 Å². The van der Waals surface area contributed by atoms with Crippen molar-refractivity contribution in [3.8, 4) is 0 Å². The summed E-state index contributed by atoms with van der Waals surface area (Å²) >= 11 is 7.71. The van der Waals surface area contributed by atoms with E-state index in [0.29, 0.717) is 13.1 Å². The molecule has 0 bridgehead atoms. The van der Waals surface area contributed by atoms with E-state index in [1.165, 1.54) is 7.11 Å². The van der Waals surface area contributed by atoms with Gasteiger partial charge in [0, 0.05) is 31.3 Å². The second-order valence-electron chi connectivity index (χ2n) is 4.76. The number of nitrogens with one attached hydrogen (secondary N) is 1. The number of hydrogen-bond acceptors (Lipinski definition) is 6. The van der Waals surface area contributed by atoms with Gasteiger partial charge in [-0.2, -0.15) is 4.98 Å². The summed E-state index contributed by atoms with van der Waals surface area (Å²) in [6.45, 7) is 1.31. The van der Waals surface area contributed by atoms with E-state index in [2.05, 4.69) is 15.3 Å². The number of fused-ring (bicyclic) bond motifs is 1. The van der Waals surface area contributed by atoms with Crippen LogP contribution in [0, 0.1) is 0 Å². The Hall–Kier alpha value is -1.21. The molecule has 3 rings (SSSR count). The van der Waals surface area contributed by atoms with Gasteiger partial charge >= 0.3 is 6.09 Å². The number of nitrogens with zero attached hydrogens (tertiary/aromatic N) is 3. The molecule has 1 atom stereocenters. The number of rotatable bonds is 2. The lowest BCUT2D eigenvalue weighted by Gasteiger charge is -2.17. The molecule has 6 nitrogen and oxygen atoms in total. The number of carbonyl (C=O) groups is 1. The molecular weight excluding hydrogens is 300 g/mol. The third kappa shape index (κ3) is 2.64. The van der Waals surface area contributed by atoms with Crippen LogP contribution < -0.4 is 5.32 Å². The average Bonchev–Trinajstić information content (AvgIpc) is 3.06. The van der Waals surface area contributed by atoms with E-state index in [-0.39, 0.29) is 17.4 Å². The molecule has 1 saturated heterocycles. The first-order valence-corrected chi connectivity index (χ1v) is 7.82. The molecule has 0 unspecified atom stereocenters. The van der Waals surface area contributed by atoms with Crippen molar-refractivity contribution < 1.29 is 9.53 Å². The summed E-state index contributed by atoms with van der Waals surface area (Å²) < 4.78 is 4.73. The van der Waals surface area contributed by atoms with Gasteiger partial charge in [0.15, 0.2) is 0 Å². The zero-order chi connectivity index (χ0) is 14.1. The van der Waals surface area contributed by atoms with Crippen LogP contribution in [-0.2, 0) is 11.2 Å². The standard InChI is InChI=1S/C12H15ClN4O2S/c1-19-12(18)17-4-2-7(6-17)14-10-9-8(3-5-20-9)15-11(13)16-10/h7H,2-6H2,1H3,(H,14,15,16)/t7-/m1/s1. The smallest absolute Gasteiger partial charge is 0.409 e. The normalized spacial score (nSPS) is 20.9. The van der Waals surface area contributed by atoms with E-state index < -0.39 is 0 Å². The average molecular weight is 315 g/mol. The van der Waals surface area contributed by atoms with Crippen LogP contribution in [0.3, 0.4) is 0 Å². The lowest BCUT2D eigenvalue weighted by atomic mass is 10.2. The number of ether oxygens (including phenoxy) is 1. The van der Waals surface area contributed by atoms with Crippen molar-refractivity contribution in [3.63, 3.8) is 0 Å². The summed E-state index contributed by atoms with van der Waals surface area (Å²) in [5.41, 5.74) is 1.01. The van der Waals surface area contributed by atoms with Crippen molar-refractivity contribution in [1.82, 2.24) is 14.9 Å². The first-order chi connectivity index (χ1) is 9.67. The van der Waals surface area contributed by atoms with Crippen molar-refractivity contribution in [2.24, 2.45) is 0 Å². The lowest BCUT2D eigenvalue weighted by Crippen LogP contribution is -2.31. The lowest BCUT2D eigenvalue weighted by molar-refractivity contribution is 0.132. The maximum Gasteiger partial charge on any atom is 0.409 e. The number of aromatic nitrogens is 2. The van der Waals surface area contributed by atoms with Crippen LogP contribution in [0.4, 0.5) is 10.6 Å². The number of thioether (sulfide) groups is 1. The van der Waals surface area contributed by atoms with E-state index in [0.717, 1.165) is 35.0 Å². The number of methoxy groups -OCH3 is 1. The van der Waals surface area contributed by atoms with Crippen molar-refractivity contribution in [3.05, 3.63) is 11.0 Å². The molecule has 1 fully saturated rings. The Morgan fingerprint density at radius 1 is 1.55 bits per heavy atom. The maximum absolute atomic E-state index is 11.5. The van der Waals surface area contributed by atoms with Gasteiger partial charge in [-0.15, -0.1) is 11.8 Å². The van der Waals surface area contributed by atoms with Gasteiger partial charge in [0.05, 0.1) is 17.7 Å². The fraction of sp³-hybridized carbons (Fsp3) is 0.583. The molecule has 3 heterocycles. The topological polar surface area (TPSA) is 67.3 Å². The van der Waals surface area contributed by atoms with E-state index in [9.17, 15) is 4.79 Å². The van der Waals surface area contributed by atoms with E-state index >= 15 is 0 Å². The molecule has 0 aliphatic carbocycles. The Kier molecular flexibility index (Phi) is 3.89. The summed E-state index contributed by atoms with van der Waals surface area (Å²) in [6.07, 6.45) is 1.51. The van der Waals surface area contributed by atoms with Crippen molar-refractivity contribution in [2.45, 2.75) is 23.8 Å². The van der Waals surface area contributed by atoms with Gasteiger partial charge in [-0.05, 0) is 18.0 Å². The molecular formula is C12H15ClN4O2S. The third-order valence-electron chi connectivity index (χ3n) is 3.46. The van der Waals surface area contributed by atoms with Gasteiger partial charge in [0.1, 0.15) is 5.82 Å².